The van der Waals surface area contributed by atoms with Gasteiger partial charge in [-0.2, -0.15) is 0 Å². The van der Waals surface area contributed by atoms with Gasteiger partial charge in [-0.1, -0.05) is 231 Å². The summed E-state index contributed by atoms with van der Waals surface area (Å²) in [6, 6.07) is 88.7. The standard InChI is InChI=1S/C31H31NO2S.C31H32OS.C28H26OS/c1-20-7-3-9-23(17-20)27-13-6-14-28(27)31(34)30-16-15-29(35-30)24-10-5-12-26(19-24)32-25-11-4-8-22(18-25)21(2)33;1-21(2)26-9-5-7-24(19-26)18-25-8-6-10-28(20-25)30-15-16-31(33-30)29(32)14-13-27-17-22(3)11-12-23(27)4;1-21-8-5-12-23(18-21)19-24-13-6-14-25(20-24)27-16-17-28(30-27)26(29)15-7-11-22-9-3-2-4-10-22/h3-5,7-12,15-19,21,27-28,32-33H,6,13-14H2,1-2H3;5-12,15-17,19-21H,13-14,18H2,1-4H3;2-6,8-10,12-14,16-18,20H,7,11,15,19H2,1H3. The predicted molar refractivity (Wildman–Crippen MR) is 415 cm³/mol. The molecule has 8 heteroatoms. The Morgan fingerprint density at radius 3 is 1.58 bits per heavy atom. The summed E-state index contributed by atoms with van der Waals surface area (Å²) in [5.74, 6) is 1.69. The maximum atomic E-state index is 13.5. The maximum Gasteiger partial charge on any atom is 0.176 e. The smallest absolute Gasteiger partial charge is 0.176 e. The molecular weight excluding hydrogens is 1260 g/mol. The van der Waals surface area contributed by atoms with E-state index in [1.807, 2.05) is 60.7 Å². The quantitative estimate of drug-likeness (QED) is 0.0624. The topological polar surface area (TPSA) is 83.5 Å². The first kappa shape index (κ1) is 70.2. The molecule has 3 heterocycles. The van der Waals surface area contributed by atoms with Gasteiger partial charge in [0.2, 0.25) is 0 Å². The minimum atomic E-state index is -0.504. The number of ketones is 3. The lowest BCUT2D eigenvalue weighted by Gasteiger charge is -2.19. The first-order valence-corrected chi connectivity index (χ1v) is 37.0. The summed E-state index contributed by atoms with van der Waals surface area (Å²) in [5, 5.41) is 13.3. The number of anilines is 2. The minimum Gasteiger partial charge on any atom is -0.389 e. The van der Waals surface area contributed by atoms with Crippen molar-refractivity contribution >= 4 is 62.7 Å². The van der Waals surface area contributed by atoms with E-state index in [-0.39, 0.29) is 23.3 Å². The van der Waals surface area contributed by atoms with Gasteiger partial charge >= 0.3 is 0 Å². The van der Waals surface area contributed by atoms with Crippen molar-refractivity contribution in [3.05, 3.63) is 342 Å². The van der Waals surface area contributed by atoms with Crippen LogP contribution in [0.25, 0.3) is 31.3 Å². The van der Waals surface area contributed by atoms with Gasteiger partial charge in [-0.25, -0.2) is 0 Å². The van der Waals surface area contributed by atoms with Crippen molar-refractivity contribution in [1.29, 1.82) is 0 Å². The van der Waals surface area contributed by atoms with E-state index < -0.39 is 6.10 Å². The zero-order valence-corrected chi connectivity index (χ0v) is 60.0. The summed E-state index contributed by atoms with van der Waals surface area (Å²) in [6.07, 6.45) is 8.29. The lowest BCUT2D eigenvalue weighted by Crippen LogP contribution is -2.17. The van der Waals surface area contributed by atoms with Crippen LogP contribution in [-0.2, 0) is 25.7 Å². The number of aliphatic hydroxyl groups is 1. The molecule has 1 fully saturated rings. The van der Waals surface area contributed by atoms with Crippen LogP contribution >= 0.6 is 34.0 Å². The number of nitrogens with one attached hydrogen (secondary N) is 1. The van der Waals surface area contributed by atoms with Crippen molar-refractivity contribution < 1.29 is 19.5 Å². The van der Waals surface area contributed by atoms with Gasteiger partial charge in [0.05, 0.1) is 20.7 Å². The van der Waals surface area contributed by atoms with Gasteiger partial charge in [-0.05, 0) is 224 Å². The Kier molecular flexibility index (Phi) is 24.3. The number of hydrogen-bond acceptors (Lipinski definition) is 8. The number of hydrogen-bond donors (Lipinski definition) is 2. The van der Waals surface area contributed by atoms with Crippen LogP contribution < -0.4 is 5.32 Å². The Morgan fingerprint density at radius 1 is 0.439 bits per heavy atom. The highest BCUT2D eigenvalue weighted by Gasteiger charge is 2.35. The van der Waals surface area contributed by atoms with Crippen molar-refractivity contribution in [2.45, 2.75) is 131 Å². The Morgan fingerprint density at radius 2 is 0.949 bits per heavy atom. The molecular formula is C90H89NO4S3. The molecule has 496 valence electrons. The number of rotatable bonds is 23. The van der Waals surface area contributed by atoms with Gasteiger partial charge in [0.25, 0.3) is 0 Å². The van der Waals surface area contributed by atoms with Crippen molar-refractivity contribution in [1.82, 2.24) is 0 Å². The van der Waals surface area contributed by atoms with Crippen molar-refractivity contribution in [3.63, 3.8) is 0 Å². The highest BCUT2D eigenvalue weighted by Crippen LogP contribution is 2.44. The van der Waals surface area contributed by atoms with E-state index in [1.165, 1.54) is 77.9 Å². The van der Waals surface area contributed by atoms with Crippen LogP contribution in [0.15, 0.2) is 255 Å². The molecule has 9 aromatic carbocycles. The summed E-state index contributed by atoms with van der Waals surface area (Å²) >= 11 is 4.81. The third-order valence-electron chi connectivity index (χ3n) is 18.5. The van der Waals surface area contributed by atoms with Crippen LogP contribution in [-0.4, -0.2) is 22.5 Å². The SMILES string of the molecule is Cc1ccc(C)c(CCC(=O)c2ccc(-c3cccc(Cc4cccc(C(C)C)c4)c3)s2)c1.Cc1cccc(C2CCCC2C(=O)c2ccc(-c3cccc(Nc4cccc(C(C)O)c4)c3)s2)c1.Cc1cccc(Cc2cccc(-c3ccc(C(=O)CCCc4ccccc4)s3)c2)c1. The van der Waals surface area contributed by atoms with E-state index in [4.69, 9.17) is 0 Å². The predicted octanol–water partition coefficient (Wildman–Crippen LogP) is 24.4. The van der Waals surface area contributed by atoms with Crippen LogP contribution in [0.5, 0.6) is 0 Å². The molecule has 3 unspecified atom stereocenters. The van der Waals surface area contributed by atoms with Gasteiger partial charge < -0.3 is 10.4 Å². The van der Waals surface area contributed by atoms with E-state index in [1.54, 1.807) is 40.9 Å². The average molecular weight is 1340 g/mol. The van der Waals surface area contributed by atoms with Gasteiger partial charge in [0, 0.05) is 44.8 Å². The lowest BCUT2D eigenvalue weighted by molar-refractivity contribution is 0.0914. The van der Waals surface area contributed by atoms with E-state index in [0.717, 1.165) is 103 Å². The molecule has 13 rings (SSSR count). The molecule has 0 radical (unpaired) electrons. The van der Waals surface area contributed by atoms with Crippen LogP contribution in [0, 0.1) is 33.6 Å². The molecule has 1 aliphatic carbocycles. The molecule has 0 bridgehead atoms. The largest absolute Gasteiger partial charge is 0.389 e. The molecule has 3 atom stereocenters. The van der Waals surface area contributed by atoms with Crippen molar-refractivity contribution in [3.8, 4) is 31.3 Å². The van der Waals surface area contributed by atoms with Crippen LogP contribution in [0.3, 0.4) is 0 Å². The van der Waals surface area contributed by atoms with Crippen LogP contribution in [0.4, 0.5) is 11.4 Å². The normalized spacial score (nSPS) is 13.6. The highest BCUT2D eigenvalue weighted by molar-refractivity contribution is 7.18. The number of Topliss-reactive ketones (excluding diaryl/α,β-unsaturated/α-hetero) is 3. The van der Waals surface area contributed by atoms with Gasteiger partial charge in [0.15, 0.2) is 17.3 Å². The number of aryl methyl sites for hydroxylation is 6. The molecule has 0 spiro atoms. The van der Waals surface area contributed by atoms with Crippen LogP contribution in [0.2, 0.25) is 0 Å². The van der Waals surface area contributed by atoms with Gasteiger partial charge in [0.1, 0.15) is 0 Å². The molecule has 3 aromatic heterocycles. The Labute approximate surface area is 593 Å². The fourth-order valence-corrected chi connectivity index (χ4v) is 16.1. The molecule has 0 saturated heterocycles. The molecule has 0 amide bonds. The Hall–Kier alpha value is -9.15. The minimum absolute atomic E-state index is 0.0671. The summed E-state index contributed by atoms with van der Waals surface area (Å²) in [5.41, 5.74) is 21.8. The number of carbonyl (C=O) groups is 3. The van der Waals surface area contributed by atoms with Gasteiger partial charge in [-0.3, -0.25) is 14.4 Å². The van der Waals surface area contributed by atoms with E-state index in [9.17, 15) is 19.5 Å². The molecule has 2 N–H and O–H groups in total. The van der Waals surface area contributed by atoms with E-state index in [0.29, 0.717) is 24.7 Å². The third-order valence-corrected chi connectivity index (χ3v) is 22.0. The summed E-state index contributed by atoms with van der Waals surface area (Å²) in [6.45, 7) is 14.7. The van der Waals surface area contributed by atoms with Crippen molar-refractivity contribution in [2.75, 3.05) is 5.32 Å². The average Bonchev–Trinajstić information content (AvgIpc) is 1.65. The zero-order valence-electron chi connectivity index (χ0n) is 57.5. The summed E-state index contributed by atoms with van der Waals surface area (Å²) in [4.78, 5) is 45.0. The Bertz CT molecular complexity index is 4660. The van der Waals surface area contributed by atoms with E-state index in [2.05, 4.69) is 241 Å². The zero-order chi connectivity index (χ0) is 68.5. The van der Waals surface area contributed by atoms with Gasteiger partial charge in [-0.15, -0.1) is 34.0 Å². The molecule has 1 aliphatic rings. The maximum absolute atomic E-state index is 13.5. The number of benzene rings is 9. The second kappa shape index (κ2) is 33.9. The number of thiophene rings is 3. The molecule has 0 aliphatic heterocycles. The summed E-state index contributed by atoms with van der Waals surface area (Å²) < 4.78 is 0. The molecule has 5 nitrogen and oxygen atoms in total. The molecule has 12 aromatic rings. The first-order chi connectivity index (χ1) is 47.5. The monoisotopic (exact) mass is 1340 g/mol. The fourth-order valence-electron chi connectivity index (χ4n) is 13.1. The number of carbonyl (C=O) groups excluding carboxylic acids is 3. The fraction of sp³-hybridized carbons (Fsp3) is 0.233. The second-order valence-corrected chi connectivity index (χ2v) is 29.9. The molecule has 1 saturated carbocycles. The first-order valence-electron chi connectivity index (χ1n) is 34.6. The highest BCUT2D eigenvalue weighted by atomic mass is 32.1. The van der Waals surface area contributed by atoms with E-state index >= 15 is 0 Å². The molecule has 98 heavy (non-hydrogen) atoms. The summed E-state index contributed by atoms with van der Waals surface area (Å²) in [7, 11) is 0. The third kappa shape index (κ3) is 19.4. The second-order valence-electron chi connectivity index (χ2n) is 26.7. The number of aliphatic hydroxyl groups excluding tert-OH is 1. The Balaban J connectivity index is 0.000000149. The lowest BCUT2D eigenvalue weighted by atomic mass is 9.85. The van der Waals surface area contributed by atoms with Crippen LogP contribution in [0.1, 0.15) is 179 Å². The van der Waals surface area contributed by atoms with Crippen molar-refractivity contribution in [2.24, 2.45) is 5.92 Å².